The Balaban J connectivity index is 2.00. The van der Waals surface area contributed by atoms with E-state index in [4.69, 9.17) is 10.3 Å². The highest BCUT2D eigenvalue weighted by atomic mass is 32.2. The van der Waals surface area contributed by atoms with Gasteiger partial charge >= 0.3 is 0 Å². The summed E-state index contributed by atoms with van der Waals surface area (Å²) in [5.74, 6) is 1.03. The third-order valence-corrected chi connectivity index (χ3v) is 5.41. The summed E-state index contributed by atoms with van der Waals surface area (Å²) < 4.78 is 6.20. The minimum atomic E-state index is -0.339. The van der Waals surface area contributed by atoms with Gasteiger partial charge in [-0.05, 0) is 20.3 Å². The van der Waals surface area contributed by atoms with Gasteiger partial charge in [-0.15, -0.1) is 11.3 Å². The molecule has 2 rings (SSSR count). The van der Waals surface area contributed by atoms with Crippen LogP contribution in [0.1, 0.15) is 54.2 Å². The second-order valence-electron chi connectivity index (χ2n) is 5.04. The second-order valence-corrected chi connectivity index (χ2v) is 7.72. The topological polar surface area (TPSA) is 94.9 Å². The first-order chi connectivity index (χ1) is 10.5. The molecule has 0 bridgehead atoms. The lowest BCUT2D eigenvalue weighted by Crippen LogP contribution is -2.13. The number of hydrogen-bond donors (Lipinski definition) is 1. The standard InChI is InChI=1S/C14H20N4O2S2/c1-4-5-6-12-17-13(20-18-12)9(3)21-14-16-8(2)10(22-14)7-11(15)19/h9H,4-7H2,1-3H3,(H2,15,19). The van der Waals surface area contributed by atoms with Gasteiger partial charge in [0.1, 0.15) is 0 Å². The van der Waals surface area contributed by atoms with Crippen LogP contribution in [0.4, 0.5) is 0 Å². The number of nitrogens with two attached hydrogens (primary N) is 1. The smallest absolute Gasteiger partial charge is 0.239 e. The molecule has 0 aromatic carbocycles. The molecule has 120 valence electrons. The minimum absolute atomic E-state index is 0.0230. The van der Waals surface area contributed by atoms with E-state index in [-0.39, 0.29) is 17.6 Å². The number of thiazole rings is 1. The molecule has 0 aliphatic rings. The predicted octanol–water partition coefficient (Wildman–Crippen LogP) is 3.06. The highest BCUT2D eigenvalue weighted by molar-refractivity contribution is 8.01. The van der Waals surface area contributed by atoms with E-state index in [1.165, 1.54) is 11.3 Å². The lowest BCUT2D eigenvalue weighted by Gasteiger charge is -2.02. The minimum Gasteiger partial charge on any atom is -0.369 e. The van der Waals surface area contributed by atoms with Crippen molar-refractivity contribution in [1.82, 2.24) is 15.1 Å². The summed E-state index contributed by atoms with van der Waals surface area (Å²) >= 11 is 3.05. The van der Waals surface area contributed by atoms with Crippen LogP contribution in [-0.4, -0.2) is 21.0 Å². The normalized spacial score (nSPS) is 12.5. The molecule has 1 amide bonds. The molecule has 1 atom stereocenters. The molecule has 0 spiro atoms. The van der Waals surface area contributed by atoms with Crippen LogP contribution >= 0.6 is 23.1 Å². The summed E-state index contributed by atoms with van der Waals surface area (Å²) in [4.78, 5) is 20.8. The molecule has 0 aliphatic carbocycles. The first-order valence-corrected chi connectivity index (χ1v) is 8.93. The SMILES string of the molecule is CCCCc1noc(C(C)Sc2nc(C)c(CC(N)=O)s2)n1. The number of unbranched alkanes of at least 4 members (excludes halogenated alkanes) is 1. The molecule has 8 heteroatoms. The molecule has 2 heterocycles. The molecule has 22 heavy (non-hydrogen) atoms. The van der Waals surface area contributed by atoms with Gasteiger partial charge in [0.05, 0.1) is 17.4 Å². The quantitative estimate of drug-likeness (QED) is 0.742. The Morgan fingerprint density at radius 3 is 2.91 bits per heavy atom. The molecule has 0 saturated carbocycles. The van der Waals surface area contributed by atoms with Crippen LogP contribution in [0.15, 0.2) is 8.86 Å². The third kappa shape index (κ3) is 4.54. The van der Waals surface area contributed by atoms with E-state index >= 15 is 0 Å². The molecule has 0 aliphatic heterocycles. The largest absolute Gasteiger partial charge is 0.369 e. The maximum absolute atomic E-state index is 11.0. The van der Waals surface area contributed by atoms with Gasteiger partial charge in [-0.2, -0.15) is 4.98 Å². The fourth-order valence-corrected chi connectivity index (χ4v) is 4.26. The van der Waals surface area contributed by atoms with Crippen molar-refractivity contribution in [3.8, 4) is 0 Å². The average Bonchev–Trinajstić information content (AvgIpc) is 3.04. The van der Waals surface area contributed by atoms with Gasteiger partial charge < -0.3 is 10.3 Å². The number of aromatic nitrogens is 3. The van der Waals surface area contributed by atoms with Crippen molar-refractivity contribution >= 4 is 29.0 Å². The van der Waals surface area contributed by atoms with E-state index in [0.29, 0.717) is 5.89 Å². The van der Waals surface area contributed by atoms with Crippen molar-refractivity contribution in [1.29, 1.82) is 0 Å². The van der Waals surface area contributed by atoms with E-state index in [0.717, 1.165) is 40.0 Å². The maximum atomic E-state index is 11.0. The Morgan fingerprint density at radius 2 is 2.23 bits per heavy atom. The highest BCUT2D eigenvalue weighted by Crippen LogP contribution is 2.37. The molecule has 2 aromatic heterocycles. The van der Waals surface area contributed by atoms with Crippen molar-refractivity contribution in [3.63, 3.8) is 0 Å². The molecule has 0 radical (unpaired) electrons. The van der Waals surface area contributed by atoms with E-state index < -0.39 is 0 Å². The Bertz CT molecular complexity index is 639. The van der Waals surface area contributed by atoms with Crippen LogP contribution in [-0.2, 0) is 17.6 Å². The molecule has 2 N–H and O–H groups in total. The second kappa shape index (κ2) is 7.73. The highest BCUT2D eigenvalue weighted by Gasteiger charge is 2.19. The van der Waals surface area contributed by atoms with Crippen LogP contribution in [0.2, 0.25) is 0 Å². The van der Waals surface area contributed by atoms with Gasteiger partial charge in [0, 0.05) is 11.3 Å². The van der Waals surface area contributed by atoms with Crippen LogP contribution in [0.5, 0.6) is 0 Å². The third-order valence-electron chi connectivity index (χ3n) is 3.07. The molecule has 2 aromatic rings. The zero-order valence-corrected chi connectivity index (χ0v) is 14.6. The van der Waals surface area contributed by atoms with Gasteiger partial charge in [0.2, 0.25) is 11.8 Å². The van der Waals surface area contributed by atoms with E-state index in [2.05, 4.69) is 22.0 Å². The number of aryl methyl sites for hydroxylation is 2. The fourth-order valence-electron chi connectivity index (χ4n) is 1.84. The van der Waals surface area contributed by atoms with Crippen molar-refractivity contribution in [2.75, 3.05) is 0 Å². The lowest BCUT2D eigenvalue weighted by molar-refractivity contribution is -0.117. The maximum Gasteiger partial charge on any atom is 0.239 e. The van der Waals surface area contributed by atoms with Crippen LogP contribution in [0.3, 0.4) is 0 Å². The van der Waals surface area contributed by atoms with E-state index in [9.17, 15) is 4.79 Å². The first kappa shape index (κ1) is 17.0. The Hall–Kier alpha value is -1.41. The summed E-state index contributed by atoms with van der Waals surface area (Å²) in [5.41, 5.74) is 6.09. The van der Waals surface area contributed by atoms with Gasteiger partial charge in [-0.25, -0.2) is 4.98 Å². The molecule has 0 fully saturated rings. The van der Waals surface area contributed by atoms with Crippen molar-refractivity contribution < 1.29 is 9.32 Å². The van der Waals surface area contributed by atoms with Crippen molar-refractivity contribution in [3.05, 3.63) is 22.3 Å². The van der Waals surface area contributed by atoms with Crippen LogP contribution in [0, 0.1) is 6.92 Å². The monoisotopic (exact) mass is 340 g/mol. The summed E-state index contributed by atoms with van der Waals surface area (Å²) in [6.07, 6.45) is 3.24. The van der Waals surface area contributed by atoms with Crippen LogP contribution < -0.4 is 5.73 Å². The Morgan fingerprint density at radius 1 is 1.45 bits per heavy atom. The van der Waals surface area contributed by atoms with Gasteiger partial charge in [0.25, 0.3) is 0 Å². The number of carbonyl (C=O) groups excluding carboxylic acids is 1. The number of thioether (sulfide) groups is 1. The first-order valence-electron chi connectivity index (χ1n) is 7.23. The lowest BCUT2D eigenvalue weighted by atomic mass is 10.2. The number of nitrogens with zero attached hydrogens (tertiary/aromatic N) is 3. The molecule has 6 nitrogen and oxygen atoms in total. The molecule has 1 unspecified atom stereocenters. The average molecular weight is 340 g/mol. The van der Waals surface area contributed by atoms with Crippen LogP contribution in [0.25, 0.3) is 0 Å². The summed E-state index contributed by atoms with van der Waals surface area (Å²) in [5, 5.41) is 4.02. The molecular weight excluding hydrogens is 320 g/mol. The number of hydrogen-bond acceptors (Lipinski definition) is 7. The number of primary amides is 1. The Kier molecular flexibility index (Phi) is 5.96. The zero-order valence-electron chi connectivity index (χ0n) is 13.0. The van der Waals surface area contributed by atoms with E-state index in [1.807, 2.05) is 13.8 Å². The summed E-state index contributed by atoms with van der Waals surface area (Å²) in [6.45, 7) is 6.03. The summed E-state index contributed by atoms with van der Waals surface area (Å²) in [6, 6.07) is 0. The molecular formula is C14H20N4O2S2. The molecule has 0 saturated heterocycles. The van der Waals surface area contributed by atoms with Crippen molar-refractivity contribution in [2.45, 2.75) is 56.0 Å². The zero-order chi connectivity index (χ0) is 16.1. The number of rotatable bonds is 8. The van der Waals surface area contributed by atoms with Gasteiger partial charge in [-0.3, -0.25) is 4.79 Å². The predicted molar refractivity (Wildman–Crippen MR) is 86.9 cm³/mol. The number of amides is 1. The number of carbonyl (C=O) groups is 1. The van der Waals surface area contributed by atoms with E-state index in [1.54, 1.807) is 11.8 Å². The van der Waals surface area contributed by atoms with Crippen molar-refractivity contribution in [2.24, 2.45) is 5.73 Å². The fraction of sp³-hybridized carbons (Fsp3) is 0.571. The van der Waals surface area contributed by atoms with Gasteiger partial charge in [0.15, 0.2) is 10.2 Å². The summed E-state index contributed by atoms with van der Waals surface area (Å²) in [7, 11) is 0. The van der Waals surface area contributed by atoms with Gasteiger partial charge in [-0.1, -0.05) is 30.3 Å². The Labute approximate surface area is 137 Å².